The van der Waals surface area contributed by atoms with Crippen LogP contribution < -0.4 is 9.47 Å². The topological polar surface area (TPSA) is 102 Å². The summed E-state index contributed by atoms with van der Waals surface area (Å²) < 4.78 is 19.3. The van der Waals surface area contributed by atoms with E-state index in [0.29, 0.717) is 36.7 Å². The molecule has 2 aliphatic heterocycles. The third-order valence-electron chi connectivity index (χ3n) is 8.51. The van der Waals surface area contributed by atoms with Gasteiger partial charge in [0.2, 0.25) is 5.88 Å². The Morgan fingerprint density at radius 3 is 2.74 bits per heavy atom. The maximum Gasteiger partial charge on any atom is 0.226 e. The van der Waals surface area contributed by atoms with Crippen molar-refractivity contribution >= 4 is 0 Å². The Kier molecular flexibility index (Phi) is 8.76. The molecule has 6 rings (SSSR count). The minimum atomic E-state index is -1.70. The van der Waals surface area contributed by atoms with E-state index >= 15 is 0 Å². The highest BCUT2D eigenvalue weighted by atomic mass is 16.5. The minimum Gasteiger partial charge on any atom is -0.488 e. The number of nitrogens with zero attached hydrogens (tertiary/aromatic N) is 4. The normalized spacial score (nSPS) is 18.9. The summed E-state index contributed by atoms with van der Waals surface area (Å²) in [7, 11) is 0. The van der Waals surface area contributed by atoms with Crippen molar-refractivity contribution in [3.63, 3.8) is 0 Å². The number of fused-ring (bicyclic) bond motifs is 1. The predicted octanol–water partition coefficient (Wildman–Crippen LogP) is 4.99. The van der Waals surface area contributed by atoms with Crippen molar-refractivity contribution in [1.29, 1.82) is 0 Å². The fourth-order valence-electron chi connectivity index (χ4n) is 6.28. The van der Waals surface area contributed by atoms with Crippen molar-refractivity contribution in [3.8, 4) is 28.7 Å². The molecule has 43 heavy (non-hydrogen) atoms. The molecule has 4 heterocycles. The van der Waals surface area contributed by atoms with Crippen LogP contribution in [0.4, 0.5) is 0 Å². The van der Waals surface area contributed by atoms with Crippen LogP contribution in [0.15, 0.2) is 60.8 Å². The van der Waals surface area contributed by atoms with Gasteiger partial charge in [-0.25, -0.2) is 4.98 Å². The molecule has 2 aromatic carbocycles. The SMILES string of the molecule is CCOc1c(C(O)O)cnn1-c1cccc(-c2cccc(C)c2OCc2ccc3c(c2)CCN(C2CCOCC2C)C3)n1. The van der Waals surface area contributed by atoms with Crippen LogP contribution in [-0.4, -0.2) is 62.3 Å². The summed E-state index contributed by atoms with van der Waals surface area (Å²) in [6.45, 7) is 10.8. The van der Waals surface area contributed by atoms with Gasteiger partial charge in [0.1, 0.15) is 12.4 Å². The maximum absolute atomic E-state index is 9.76. The van der Waals surface area contributed by atoms with Gasteiger partial charge in [-0.2, -0.15) is 9.78 Å². The first-order valence-electron chi connectivity index (χ1n) is 15.1. The van der Waals surface area contributed by atoms with Crippen LogP contribution in [-0.2, 0) is 24.3 Å². The standard InChI is InChI=1S/C34H40N4O5/c1-4-42-33-28(34(39)40)18-35-38(33)31-10-6-9-29(36-31)27-8-5-7-22(2)32(27)43-21-24-11-12-26-19-37(15-13-25(26)17-24)30-14-16-41-20-23(30)3/h5-12,17-18,23,30,34,39-40H,4,13-16,19-21H2,1-3H3. The monoisotopic (exact) mass is 584 g/mol. The summed E-state index contributed by atoms with van der Waals surface area (Å²) >= 11 is 0. The number of aromatic nitrogens is 3. The Hall–Kier alpha value is -3.76. The highest BCUT2D eigenvalue weighted by Gasteiger charge is 2.30. The molecule has 2 unspecified atom stereocenters. The summed E-state index contributed by atoms with van der Waals surface area (Å²) in [5.74, 6) is 2.10. The number of aliphatic hydroxyl groups is 2. The van der Waals surface area contributed by atoms with E-state index in [0.717, 1.165) is 61.6 Å². The van der Waals surface area contributed by atoms with Gasteiger partial charge in [-0.3, -0.25) is 4.90 Å². The Labute approximate surface area is 252 Å². The van der Waals surface area contributed by atoms with Crippen molar-refractivity contribution in [1.82, 2.24) is 19.7 Å². The smallest absolute Gasteiger partial charge is 0.226 e. The summed E-state index contributed by atoms with van der Waals surface area (Å²) in [6, 6.07) is 19.0. The first kappa shape index (κ1) is 29.3. The molecule has 0 radical (unpaired) electrons. The summed E-state index contributed by atoms with van der Waals surface area (Å²) in [5, 5.41) is 23.8. The Morgan fingerprint density at radius 2 is 1.93 bits per heavy atom. The Morgan fingerprint density at radius 1 is 1.07 bits per heavy atom. The first-order chi connectivity index (χ1) is 20.9. The molecule has 1 fully saturated rings. The molecule has 2 aliphatic rings. The lowest BCUT2D eigenvalue weighted by atomic mass is 9.91. The fourth-order valence-corrected chi connectivity index (χ4v) is 6.28. The molecule has 2 N–H and O–H groups in total. The van der Waals surface area contributed by atoms with E-state index in [1.807, 2.05) is 44.2 Å². The first-order valence-corrected chi connectivity index (χ1v) is 15.1. The van der Waals surface area contributed by atoms with Crippen LogP contribution in [0.25, 0.3) is 17.1 Å². The highest BCUT2D eigenvalue weighted by molar-refractivity contribution is 5.69. The number of aliphatic hydroxyl groups excluding tert-OH is 1. The second kappa shape index (κ2) is 12.9. The fraction of sp³-hybridized carbons (Fsp3) is 0.412. The van der Waals surface area contributed by atoms with Crippen molar-refractivity contribution in [2.24, 2.45) is 5.92 Å². The molecule has 4 aromatic rings. The van der Waals surface area contributed by atoms with E-state index < -0.39 is 6.29 Å². The van der Waals surface area contributed by atoms with Gasteiger partial charge in [0.05, 0.1) is 30.7 Å². The quantitative estimate of drug-likeness (QED) is 0.266. The van der Waals surface area contributed by atoms with Gasteiger partial charge in [-0.05, 0) is 73.1 Å². The molecule has 0 bridgehead atoms. The lowest BCUT2D eigenvalue weighted by Crippen LogP contribution is -2.46. The van der Waals surface area contributed by atoms with E-state index in [4.69, 9.17) is 19.2 Å². The predicted molar refractivity (Wildman–Crippen MR) is 163 cm³/mol. The second-order valence-electron chi connectivity index (χ2n) is 11.5. The van der Waals surface area contributed by atoms with E-state index in [2.05, 4.69) is 35.1 Å². The molecular weight excluding hydrogens is 544 g/mol. The molecule has 9 heteroatoms. The molecular formula is C34H40N4O5. The van der Waals surface area contributed by atoms with Gasteiger partial charge in [0.25, 0.3) is 0 Å². The average Bonchev–Trinajstić information content (AvgIpc) is 3.44. The van der Waals surface area contributed by atoms with Crippen molar-refractivity contribution in [2.45, 2.75) is 59.1 Å². The Balaban J connectivity index is 1.21. The Bertz CT molecular complexity index is 1570. The molecule has 0 amide bonds. The number of hydrogen-bond acceptors (Lipinski definition) is 8. The van der Waals surface area contributed by atoms with Crippen molar-refractivity contribution in [3.05, 3.63) is 88.6 Å². The number of ether oxygens (including phenoxy) is 3. The molecule has 0 spiro atoms. The summed E-state index contributed by atoms with van der Waals surface area (Å²) in [4.78, 5) is 7.50. The van der Waals surface area contributed by atoms with Crippen LogP contribution in [0.1, 0.15) is 54.4 Å². The maximum atomic E-state index is 9.76. The van der Waals surface area contributed by atoms with Gasteiger partial charge in [0.15, 0.2) is 12.1 Å². The molecule has 1 saturated heterocycles. The van der Waals surface area contributed by atoms with Crippen LogP contribution in [0.5, 0.6) is 11.6 Å². The van der Waals surface area contributed by atoms with Crippen molar-refractivity contribution < 1.29 is 24.4 Å². The average molecular weight is 585 g/mol. The van der Waals surface area contributed by atoms with Crippen LogP contribution >= 0.6 is 0 Å². The van der Waals surface area contributed by atoms with Gasteiger partial charge >= 0.3 is 0 Å². The lowest BCUT2D eigenvalue weighted by molar-refractivity contribution is -0.0442. The molecule has 0 aliphatic carbocycles. The van der Waals surface area contributed by atoms with E-state index in [1.54, 1.807) is 6.07 Å². The van der Waals surface area contributed by atoms with Crippen LogP contribution in [0, 0.1) is 12.8 Å². The molecule has 2 aromatic heterocycles. The highest BCUT2D eigenvalue weighted by Crippen LogP contribution is 2.34. The number of hydrogen-bond donors (Lipinski definition) is 2. The molecule has 9 nitrogen and oxygen atoms in total. The number of aryl methyl sites for hydroxylation is 1. The van der Waals surface area contributed by atoms with Crippen LogP contribution in [0.3, 0.4) is 0 Å². The number of rotatable bonds is 9. The van der Waals surface area contributed by atoms with E-state index in [-0.39, 0.29) is 11.4 Å². The zero-order chi connectivity index (χ0) is 29.9. The number of benzene rings is 2. The third-order valence-corrected chi connectivity index (χ3v) is 8.51. The third kappa shape index (κ3) is 6.17. The van der Waals surface area contributed by atoms with E-state index in [9.17, 15) is 10.2 Å². The summed E-state index contributed by atoms with van der Waals surface area (Å²) in [6.07, 6.45) is 1.84. The second-order valence-corrected chi connectivity index (χ2v) is 11.5. The van der Waals surface area contributed by atoms with Crippen molar-refractivity contribution in [2.75, 3.05) is 26.4 Å². The molecule has 226 valence electrons. The largest absolute Gasteiger partial charge is 0.488 e. The zero-order valence-electron chi connectivity index (χ0n) is 25.1. The van der Waals surface area contributed by atoms with Gasteiger partial charge in [0, 0.05) is 31.3 Å². The number of para-hydroxylation sites is 1. The lowest BCUT2D eigenvalue weighted by Gasteiger charge is -2.41. The molecule has 2 atom stereocenters. The number of pyridine rings is 1. The zero-order valence-corrected chi connectivity index (χ0v) is 25.1. The van der Waals surface area contributed by atoms with E-state index in [1.165, 1.54) is 22.0 Å². The molecule has 0 saturated carbocycles. The summed E-state index contributed by atoms with van der Waals surface area (Å²) in [5.41, 5.74) is 6.76. The van der Waals surface area contributed by atoms with Gasteiger partial charge < -0.3 is 24.4 Å². The van der Waals surface area contributed by atoms with Gasteiger partial charge in [-0.15, -0.1) is 0 Å². The minimum absolute atomic E-state index is 0.185. The van der Waals surface area contributed by atoms with Gasteiger partial charge in [-0.1, -0.05) is 43.3 Å². The van der Waals surface area contributed by atoms with Crippen LogP contribution in [0.2, 0.25) is 0 Å².